The van der Waals surface area contributed by atoms with Gasteiger partial charge in [0.25, 0.3) is 0 Å². The second-order valence-corrected chi connectivity index (χ2v) is 6.56. The standard InChI is InChI=1S/C25H22N2/c1-20-16-17-23(19-24(20)25-15-9-10-18-26(25)2)27(21-11-5-3-6-12-21)22-13-7-4-8-14-22/h3-19H,2H2,1H3. The van der Waals surface area contributed by atoms with Crippen LogP contribution in [0.3, 0.4) is 0 Å². The van der Waals surface area contributed by atoms with Gasteiger partial charge >= 0.3 is 0 Å². The minimum atomic E-state index is 1.10. The molecule has 0 aromatic heterocycles. The maximum atomic E-state index is 4.13. The number of allylic oxidation sites excluding steroid dienone is 2. The molecule has 1 heterocycles. The fourth-order valence-corrected chi connectivity index (χ4v) is 3.35. The van der Waals surface area contributed by atoms with Crippen molar-refractivity contribution in [1.82, 2.24) is 0 Å². The van der Waals surface area contributed by atoms with E-state index < -0.39 is 0 Å². The van der Waals surface area contributed by atoms with Crippen molar-refractivity contribution in [2.24, 2.45) is 0 Å². The Labute approximate surface area is 161 Å². The zero-order valence-electron chi connectivity index (χ0n) is 15.4. The van der Waals surface area contributed by atoms with E-state index in [1.165, 1.54) is 11.1 Å². The Hall–Kier alpha value is -3.52. The number of rotatable bonds is 4. The fraction of sp³-hybridized carbons (Fsp3) is 0.0400. The van der Waals surface area contributed by atoms with Crippen LogP contribution in [0, 0.1) is 13.0 Å². The monoisotopic (exact) mass is 350 g/mol. The molecule has 3 aromatic rings. The molecule has 0 aliphatic carbocycles. The first-order valence-electron chi connectivity index (χ1n) is 9.07. The minimum absolute atomic E-state index is 1.10. The van der Waals surface area contributed by atoms with Crippen molar-refractivity contribution < 1.29 is 4.58 Å². The topological polar surface area (TPSA) is 6.25 Å². The van der Waals surface area contributed by atoms with Crippen LogP contribution in [0.5, 0.6) is 0 Å². The van der Waals surface area contributed by atoms with Crippen molar-refractivity contribution in [2.75, 3.05) is 4.90 Å². The first kappa shape index (κ1) is 16.9. The Bertz CT molecular complexity index is 962. The quantitative estimate of drug-likeness (QED) is 0.404. The van der Waals surface area contributed by atoms with Crippen LogP contribution in [-0.2, 0) is 0 Å². The van der Waals surface area contributed by atoms with Crippen molar-refractivity contribution in [3.8, 4) is 0 Å². The van der Waals surface area contributed by atoms with E-state index in [-0.39, 0.29) is 0 Å². The van der Waals surface area contributed by atoms with Gasteiger partial charge in [-0.15, -0.1) is 6.08 Å². The Kier molecular flexibility index (Phi) is 4.63. The summed E-state index contributed by atoms with van der Waals surface area (Å²) < 4.78 is 1.92. The van der Waals surface area contributed by atoms with Gasteiger partial charge in [0.1, 0.15) is 12.2 Å². The van der Waals surface area contributed by atoms with Crippen LogP contribution in [0.25, 0.3) is 0 Å². The molecule has 1 aliphatic rings. The van der Waals surface area contributed by atoms with Gasteiger partial charge in [-0.1, -0.05) is 73.2 Å². The molecule has 4 rings (SSSR count). The molecule has 0 saturated carbocycles. The van der Waals surface area contributed by atoms with E-state index in [2.05, 4.69) is 97.4 Å². The van der Waals surface area contributed by atoms with Crippen molar-refractivity contribution >= 4 is 23.8 Å². The molecular formula is C25H22N2. The summed E-state index contributed by atoms with van der Waals surface area (Å²) in [6.45, 7) is 6.27. The lowest BCUT2D eigenvalue weighted by molar-refractivity contribution is -0.417. The predicted molar refractivity (Wildman–Crippen MR) is 114 cm³/mol. The number of para-hydroxylation sites is 2. The van der Waals surface area contributed by atoms with Gasteiger partial charge in [-0.05, 0) is 35.9 Å². The Morgan fingerprint density at radius 2 is 1.41 bits per heavy atom. The van der Waals surface area contributed by atoms with Crippen LogP contribution >= 0.6 is 0 Å². The maximum absolute atomic E-state index is 4.13. The van der Waals surface area contributed by atoms with Crippen molar-refractivity contribution in [3.05, 3.63) is 120 Å². The lowest BCUT2D eigenvalue weighted by Crippen LogP contribution is -2.16. The van der Waals surface area contributed by atoms with Crippen LogP contribution in [0.15, 0.2) is 103 Å². The van der Waals surface area contributed by atoms with Gasteiger partial charge in [0, 0.05) is 17.1 Å². The van der Waals surface area contributed by atoms with Crippen molar-refractivity contribution in [2.45, 2.75) is 6.92 Å². The second-order valence-electron chi connectivity index (χ2n) is 6.56. The highest BCUT2D eigenvalue weighted by molar-refractivity contribution is 5.77. The first-order valence-corrected chi connectivity index (χ1v) is 9.07. The molecule has 27 heavy (non-hydrogen) atoms. The summed E-state index contributed by atoms with van der Waals surface area (Å²) in [7, 11) is 0. The summed E-state index contributed by atoms with van der Waals surface area (Å²) in [6, 6.07) is 28.6. The molecule has 0 amide bonds. The summed E-state index contributed by atoms with van der Waals surface area (Å²) in [5, 5.41) is 0. The van der Waals surface area contributed by atoms with Crippen LogP contribution in [0.1, 0.15) is 11.1 Å². The average Bonchev–Trinajstić information content (AvgIpc) is 2.72. The zero-order valence-corrected chi connectivity index (χ0v) is 15.4. The average molecular weight is 350 g/mol. The van der Waals surface area contributed by atoms with Crippen molar-refractivity contribution in [1.29, 1.82) is 0 Å². The molecule has 0 spiro atoms. The van der Waals surface area contributed by atoms with Gasteiger partial charge in [0.05, 0.1) is 6.72 Å². The lowest BCUT2D eigenvalue weighted by atomic mass is 9.98. The van der Waals surface area contributed by atoms with Crippen LogP contribution in [-0.4, -0.2) is 11.3 Å². The third kappa shape index (κ3) is 3.42. The summed E-state index contributed by atoms with van der Waals surface area (Å²) in [4.78, 5) is 2.28. The van der Waals surface area contributed by atoms with Crippen molar-refractivity contribution in [3.63, 3.8) is 0 Å². The van der Waals surface area contributed by atoms with E-state index in [4.69, 9.17) is 0 Å². The molecule has 0 atom stereocenters. The Morgan fingerprint density at radius 3 is 2.00 bits per heavy atom. The maximum Gasteiger partial charge on any atom is 0.147 e. The molecule has 0 saturated heterocycles. The number of benzene rings is 3. The van der Waals surface area contributed by atoms with Gasteiger partial charge < -0.3 is 4.90 Å². The lowest BCUT2D eigenvalue weighted by Gasteiger charge is -2.28. The third-order valence-corrected chi connectivity index (χ3v) is 4.72. The zero-order chi connectivity index (χ0) is 18.6. The number of nitrogens with zero attached hydrogens (tertiary/aromatic N) is 2. The van der Waals surface area contributed by atoms with E-state index in [9.17, 15) is 0 Å². The van der Waals surface area contributed by atoms with E-state index in [0.717, 1.165) is 23.1 Å². The smallest absolute Gasteiger partial charge is 0.147 e. The van der Waals surface area contributed by atoms with E-state index in [1.807, 2.05) is 29.0 Å². The highest BCUT2D eigenvalue weighted by atomic mass is 15.1. The van der Waals surface area contributed by atoms with Gasteiger partial charge in [-0.25, -0.2) is 0 Å². The molecule has 1 aliphatic heterocycles. The highest BCUT2D eigenvalue weighted by Crippen LogP contribution is 2.36. The largest absolute Gasteiger partial charge is 0.316 e. The molecular weight excluding hydrogens is 328 g/mol. The third-order valence-electron chi connectivity index (χ3n) is 4.72. The minimum Gasteiger partial charge on any atom is -0.316 e. The van der Waals surface area contributed by atoms with Gasteiger partial charge in [-0.3, -0.25) is 4.58 Å². The molecule has 0 unspecified atom stereocenters. The number of aryl methyl sites for hydroxylation is 1. The van der Waals surface area contributed by atoms with Crippen LogP contribution in [0.2, 0.25) is 0 Å². The van der Waals surface area contributed by atoms with Gasteiger partial charge in [-0.2, -0.15) is 0 Å². The normalized spacial score (nSPS) is 13.1. The summed E-state index contributed by atoms with van der Waals surface area (Å²) in [5.41, 5.74) is 5.79. The van der Waals surface area contributed by atoms with E-state index in [1.54, 1.807) is 0 Å². The summed E-state index contributed by atoms with van der Waals surface area (Å²) in [6.07, 6.45) is 8.13. The molecule has 0 N–H and O–H groups in total. The fourth-order valence-electron chi connectivity index (χ4n) is 3.35. The van der Waals surface area contributed by atoms with Gasteiger partial charge in [0.15, 0.2) is 0 Å². The van der Waals surface area contributed by atoms with Gasteiger partial charge in [0.2, 0.25) is 0 Å². The summed E-state index contributed by atoms with van der Waals surface area (Å²) in [5.74, 6) is 0. The molecule has 0 fully saturated rings. The molecule has 2 nitrogen and oxygen atoms in total. The molecule has 2 heteroatoms. The molecule has 132 valence electrons. The molecule has 3 aromatic carbocycles. The number of anilines is 3. The Morgan fingerprint density at radius 1 is 0.778 bits per heavy atom. The number of hydrogen-bond acceptors (Lipinski definition) is 1. The van der Waals surface area contributed by atoms with Crippen LogP contribution < -0.4 is 4.90 Å². The second kappa shape index (κ2) is 7.38. The molecule has 0 bridgehead atoms. The highest BCUT2D eigenvalue weighted by Gasteiger charge is 2.18. The van der Waals surface area contributed by atoms with E-state index in [0.29, 0.717) is 0 Å². The molecule has 0 radical (unpaired) electrons. The number of hydrogen-bond donors (Lipinski definition) is 0. The first-order chi connectivity index (χ1) is 13.2. The predicted octanol–water partition coefficient (Wildman–Crippen LogP) is 6.14. The SMILES string of the molecule is C=[N+]1C=CC=C[C-]1c1cc(N(c2ccccc2)c2ccccc2)ccc1C. The van der Waals surface area contributed by atoms with Crippen LogP contribution in [0.4, 0.5) is 17.1 Å². The summed E-state index contributed by atoms with van der Waals surface area (Å²) >= 11 is 0. The van der Waals surface area contributed by atoms with E-state index >= 15 is 0 Å². The Balaban J connectivity index is 1.84.